The molecule has 1 aromatic rings. The fraction of sp³-hybridized carbons (Fsp3) is 0.692. The van der Waals surface area contributed by atoms with Crippen LogP contribution in [0.5, 0.6) is 0 Å². The van der Waals surface area contributed by atoms with Crippen molar-refractivity contribution in [2.45, 2.75) is 70.4 Å². The van der Waals surface area contributed by atoms with E-state index in [1.54, 1.807) is 7.11 Å². The summed E-state index contributed by atoms with van der Waals surface area (Å²) in [7, 11) is 1.65. The Morgan fingerprint density at radius 2 is 1.78 bits per heavy atom. The quantitative estimate of drug-likeness (QED) is 0.534. The average molecular weight is 444 g/mol. The minimum atomic E-state index is -0.715. The highest BCUT2D eigenvalue weighted by Gasteiger charge is 2.53. The van der Waals surface area contributed by atoms with Gasteiger partial charge >= 0.3 is 0 Å². The Morgan fingerprint density at radius 3 is 2.44 bits per heavy atom. The van der Waals surface area contributed by atoms with E-state index in [0.29, 0.717) is 38.3 Å². The first-order valence-electron chi connectivity index (χ1n) is 12.3. The Kier molecular flexibility index (Phi) is 9.11. The first kappa shape index (κ1) is 24.7. The number of aryl methyl sites for hydroxylation is 1. The minimum absolute atomic E-state index is 0.0290. The zero-order valence-corrected chi connectivity index (χ0v) is 20.1. The molecular formula is C26H41N3O3. The van der Waals surface area contributed by atoms with Crippen LogP contribution in [0, 0.1) is 5.92 Å². The van der Waals surface area contributed by atoms with Crippen molar-refractivity contribution in [3.05, 3.63) is 35.9 Å². The maximum absolute atomic E-state index is 13.3. The van der Waals surface area contributed by atoms with Gasteiger partial charge < -0.3 is 19.9 Å². The molecule has 0 aliphatic carbocycles. The molecule has 32 heavy (non-hydrogen) atoms. The van der Waals surface area contributed by atoms with Crippen LogP contribution in [-0.2, 0) is 20.7 Å². The van der Waals surface area contributed by atoms with Gasteiger partial charge in [-0.2, -0.15) is 0 Å². The molecule has 0 bridgehead atoms. The van der Waals surface area contributed by atoms with Crippen LogP contribution in [-0.4, -0.2) is 73.1 Å². The molecule has 6 nitrogen and oxygen atoms in total. The molecule has 2 aliphatic rings. The van der Waals surface area contributed by atoms with E-state index >= 15 is 0 Å². The fourth-order valence-electron chi connectivity index (χ4n) is 5.14. The monoisotopic (exact) mass is 443 g/mol. The van der Waals surface area contributed by atoms with Gasteiger partial charge in [-0.1, -0.05) is 50.6 Å². The van der Waals surface area contributed by atoms with Crippen LogP contribution < -0.4 is 5.32 Å². The molecule has 1 atom stereocenters. The van der Waals surface area contributed by atoms with Crippen molar-refractivity contribution in [2.75, 3.05) is 39.9 Å². The number of unbranched alkanes of at least 4 members (excludes halogenated alkanes) is 2. The molecule has 1 spiro atoms. The van der Waals surface area contributed by atoms with Crippen molar-refractivity contribution in [1.82, 2.24) is 15.1 Å². The normalized spacial score (nSPS) is 21.4. The number of piperazine rings is 1. The molecule has 2 fully saturated rings. The van der Waals surface area contributed by atoms with Gasteiger partial charge in [-0.3, -0.25) is 9.59 Å². The zero-order valence-electron chi connectivity index (χ0n) is 20.1. The number of hydrogen-bond donors (Lipinski definition) is 1. The van der Waals surface area contributed by atoms with Gasteiger partial charge in [0.15, 0.2) is 0 Å². The van der Waals surface area contributed by atoms with Crippen molar-refractivity contribution < 1.29 is 14.3 Å². The standard InChI is InChI=1S/C26H41N3O3/c1-21(2)20-23-24(30)29(18-19-32-3)26(25(31)27-23)13-16-28(17-14-26)15-9-5-8-12-22-10-6-4-7-11-22/h4,6-7,10-11,21,23H,5,8-9,12-20H2,1-3H3,(H,27,31)/t23-/m0/s1. The van der Waals surface area contributed by atoms with E-state index in [4.69, 9.17) is 4.74 Å². The van der Waals surface area contributed by atoms with E-state index in [1.165, 1.54) is 24.8 Å². The highest BCUT2D eigenvalue weighted by Crippen LogP contribution is 2.34. The SMILES string of the molecule is COCCN1C(=O)[C@H](CC(C)C)NC(=O)C12CCN(CCCCCc1ccccc1)CC2. The van der Waals surface area contributed by atoms with Crippen LogP contribution in [0.1, 0.15) is 57.9 Å². The molecule has 0 radical (unpaired) electrons. The lowest BCUT2D eigenvalue weighted by Gasteiger charge is -2.51. The summed E-state index contributed by atoms with van der Waals surface area (Å²) in [5.41, 5.74) is 0.694. The molecule has 2 aliphatic heterocycles. The van der Waals surface area contributed by atoms with Crippen LogP contribution >= 0.6 is 0 Å². The number of rotatable bonds is 11. The van der Waals surface area contributed by atoms with Gasteiger partial charge in [0.25, 0.3) is 0 Å². The van der Waals surface area contributed by atoms with Crippen LogP contribution in [0.3, 0.4) is 0 Å². The van der Waals surface area contributed by atoms with Gasteiger partial charge in [0.1, 0.15) is 11.6 Å². The molecule has 2 amide bonds. The molecule has 3 rings (SSSR count). The fourth-order valence-corrected chi connectivity index (χ4v) is 5.14. The van der Waals surface area contributed by atoms with Gasteiger partial charge in [-0.15, -0.1) is 0 Å². The van der Waals surface area contributed by atoms with E-state index in [9.17, 15) is 9.59 Å². The number of carbonyl (C=O) groups excluding carboxylic acids is 2. The third kappa shape index (κ3) is 6.10. The zero-order chi connectivity index (χ0) is 23.0. The predicted octanol–water partition coefficient (Wildman–Crippen LogP) is 3.25. The van der Waals surface area contributed by atoms with Crippen molar-refractivity contribution in [3.8, 4) is 0 Å². The van der Waals surface area contributed by atoms with E-state index in [2.05, 4.69) is 54.4 Å². The van der Waals surface area contributed by atoms with E-state index in [1.807, 2.05) is 4.90 Å². The van der Waals surface area contributed by atoms with Crippen LogP contribution in [0.2, 0.25) is 0 Å². The smallest absolute Gasteiger partial charge is 0.246 e. The van der Waals surface area contributed by atoms with Crippen molar-refractivity contribution in [1.29, 1.82) is 0 Å². The number of amides is 2. The van der Waals surface area contributed by atoms with E-state index in [0.717, 1.165) is 26.1 Å². The number of ether oxygens (including phenoxy) is 1. The number of carbonyl (C=O) groups is 2. The van der Waals surface area contributed by atoms with Gasteiger partial charge in [-0.25, -0.2) is 0 Å². The Balaban J connectivity index is 1.50. The summed E-state index contributed by atoms with van der Waals surface area (Å²) in [5.74, 6) is 0.442. The van der Waals surface area contributed by atoms with Crippen LogP contribution in [0.15, 0.2) is 30.3 Å². The number of piperidine rings is 1. The van der Waals surface area contributed by atoms with Crippen LogP contribution in [0.4, 0.5) is 0 Å². The Morgan fingerprint density at radius 1 is 1.06 bits per heavy atom. The van der Waals surface area contributed by atoms with E-state index < -0.39 is 11.6 Å². The lowest BCUT2D eigenvalue weighted by Crippen LogP contribution is -2.73. The number of benzene rings is 1. The summed E-state index contributed by atoms with van der Waals surface area (Å²) < 4.78 is 5.27. The molecule has 6 heteroatoms. The topological polar surface area (TPSA) is 61.9 Å². The largest absolute Gasteiger partial charge is 0.383 e. The number of nitrogens with zero attached hydrogens (tertiary/aromatic N) is 2. The summed E-state index contributed by atoms with van der Waals surface area (Å²) in [6, 6.07) is 10.3. The minimum Gasteiger partial charge on any atom is -0.383 e. The summed E-state index contributed by atoms with van der Waals surface area (Å²) in [6.45, 7) is 7.89. The van der Waals surface area contributed by atoms with E-state index in [-0.39, 0.29) is 11.8 Å². The van der Waals surface area contributed by atoms with Crippen molar-refractivity contribution >= 4 is 11.8 Å². The first-order chi connectivity index (χ1) is 15.5. The molecule has 2 saturated heterocycles. The van der Waals surface area contributed by atoms with Gasteiger partial charge in [0.05, 0.1) is 6.61 Å². The third-order valence-electron chi connectivity index (χ3n) is 7.00. The molecule has 0 aromatic heterocycles. The van der Waals surface area contributed by atoms with Gasteiger partial charge in [-0.05, 0) is 56.6 Å². The Bertz CT molecular complexity index is 729. The molecule has 1 aromatic carbocycles. The summed E-state index contributed by atoms with van der Waals surface area (Å²) in [6.07, 6.45) is 6.82. The lowest BCUT2D eigenvalue weighted by molar-refractivity contribution is -0.162. The maximum Gasteiger partial charge on any atom is 0.246 e. The first-order valence-corrected chi connectivity index (χ1v) is 12.3. The number of hydrogen-bond acceptors (Lipinski definition) is 4. The second-order valence-electron chi connectivity index (χ2n) is 9.81. The summed E-state index contributed by atoms with van der Waals surface area (Å²) in [5, 5.41) is 3.07. The molecule has 0 saturated carbocycles. The van der Waals surface area contributed by atoms with Crippen molar-refractivity contribution in [2.24, 2.45) is 5.92 Å². The van der Waals surface area contributed by atoms with Gasteiger partial charge in [0, 0.05) is 26.7 Å². The van der Waals surface area contributed by atoms with Gasteiger partial charge in [0.2, 0.25) is 11.8 Å². The Hall–Kier alpha value is -1.92. The second kappa shape index (κ2) is 11.8. The lowest BCUT2D eigenvalue weighted by atomic mass is 9.81. The number of methoxy groups -OCH3 is 1. The highest BCUT2D eigenvalue weighted by molar-refractivity contribution is 6.00. The summed E-state index contributed by atoms with van der Waals surface area (Å²) in [4.78, 5) is 30.8. The molecular weight excluding hydrogens is 402 g/mol. The molecule has 2 heterocycles. The number of nitrogens with one attached hydrogen (secondary N) is 1. The molecule has 1 N–H and O–H groups in total. The van der Waals surface area contributed by atoms with Crippen LogP contribution in [0.25, 0.3) is 0 Å². The van der Waals surface area contributed by atoms with Crippen molar-refractivity contribution in [3.63, 3.8) is 0 Å². The maximum atomic E-state index is 13.3. The highest BCUT2D eigenvalue weighted by atomic mass is 16.5. The number of likely N-dealkylation sites (tertiary alicyclic amines) is 1. The Labute approximate surface area is 193 Å². The second-order valence-corrected chi connectivity index (χ2v) is 9.81. The average Bonchev–Trinajstić information content (AvgIpc) is 2.79. The molecule has 178 valence electrons. The predicted molar refractivity (Wildman–Crippen MR) is 127 cm³/mol. The third-order valence-corrected chi connectivity index (χ3v) is 7.00. The molecule has 0 unspecified atom stereocenters. The summed E-state index contributed by atoms with van der Waals surface area (Å²) >= 11 is 0.